The Balaban J connectivity index is 1.54. The van der Waals surface area contributed by atoms with Crippen LogP contribution in [0.15, 0.2) is 42.6 Å². The third-order valence-electron chi connectivity index (χ3n) is 5.05. The van der Waals surface area contributed by atoms with Gasteiger partial charge in [0.25, 0.3) is 0 Å². The highest BCUT2D eigenvalue weighted by Gasteiger charge is 2.28. The first-order valence-electron chi connectivity index (χ1n) is 9.52. The number of aromatic nitrogens is 3. The summed E-state index contributed by atoms with van der Waals surface area (Å²) in [5.41, 5.74) is 2.26. The standard InChI is InChI=1S/C21H23N5O4/c1-24-9-4-5-16(24)15-12-20-25(21(28)8-10-26(20)23-15)13-19(27)22-14-6-7-17(29-2)18(11-14)30-3/h4-7,9,11-12H,8,10,13H2,1-3H3,(H,22,27). The van der Waals surface area contributed by atoms with Gasteiger partial charge in [0.2, 0.25) is 11.8 Å². The summed E-state index contributed by atoms with van der Waals surface area (Å²) in [5, 5.41) is 7.42. The maximum Gasteiger partial charge on any atom is 0.244 e. The molecule has 1 aromatic carbocycles. The molecule has 9 nitrogen and oxygen atoms in total. The first-order chi connectivity index (χ1) is 14.5. The summed E-state index contributed by atoms with van der Waals surface area (Å²) in [5.74, 6) is 1.27. The Hall–Kier alpha value is -3.75. The predicted molar refractivity (Wildman–Crippen MR) is 112 cm³/mol. The van der Waals surface area contributed by atoms with Crippen LogP contribution < -0.4 is 19.7 Å². The van der Waals surface area contributed by atoms with Crippen molar-refractivity contribution in [3.8, 4) is 22.9 Å². The summed E-state index contributed by atoms with van der Waals surface area (Å²) in [6, 6.07) is 10.8. The van der Waals surface area contributed by atoms with Gasteiger partial charge in [0.05, 0.1) is 26.5 Å². The number of carbonyl (C=O) groups excluding carboxylic acids is 2. The molecule has 0 bridgehead atoms. The lowest BCUT2D eigenvalue weighted by Crippen LogP contribution is -2.42. The fourth-order valence-corrected chi connectivity index (χ4v) is 3.53. The Labute approximate surface area is 173 Å². The van der Waals surface area contributed by atoms with Crippen LogP contribution in [0.3, 0.4) is 0 Å². The highest BCUT2D eigenvalue weighted by Crippen LogP contribution is 2.30. The minimum absolute atomic E-state index is 0.106. The molecular weight excluding hydrogens is 386 g/mol. The summed E-state index contributed by atoms with van der Waals surface area (Å²) in [6.45, 7) is 0.387. The van der Waals surface area contributed by atoms with Gasteiger partial charge in [-0.15, -0.1) is 0 Å². The molecule has 156 valence electrons. The van der Waals surface area contributed by atoms with E-state index in [0.29, 0.717) is 36.0 Å². The largest absolute Gasteiger partial charge is 0.493 e. The van der Waals surface area contributed by atoms with Crippen LogP contribution in [0.1, 0.15) is 6.42 Å². The van der Waals surface area contributed by atoms with Crippen LogP contribution in [-0.4, -0.2) is 46.9 Å². The van der Waals surface area contributed by atoms with Crippen LogP contribution >= 0.6 is 0 Å². The zero-order valence-electron chi connectivity index (χ0n) is 17.1. The molecule has 0 fully saturated rings. The van der Waals surface area contributed by atoms with Crippen LogP contribution in [0.25, 0.3) is 11.4 Å². The second-order valence-electron chi connectivity index (χ2n) is 6.96. The molecule has 0 saturated heterocycles. The van der Waals surface area contributed by atoms with Gasteiger partial charge >= 0.3 is 0 Å². The number of hydrogen-bond acceptors (Lipinski definition) is 5. The van der Waals surface area contributed by atoms with Crippen molar-refractivity contribution < 1.29 is 19.1 Å². The van der Waals surface area contributed by atoms with E-state index in [-0.39, 0.29) is 18.4 Å². The molecule has 1 N–H and O–H groups in total. The van der Waals surface area contributed by atoms with E-state index in [1.807, 2.05) is 36.0 Å². The zero-order valence-corrected chi connectivity index (χ0v) is 17.1. The van der Waals surface area contributed by atoms with Crippen molar-refractivity contribution in [1.82, 2.24) is 14.3 Å². The van der Waals surface area contributed by atoms with Gasteiger partial charge in [-0.1, -0.05) is 0 Å². The van der Waals surface area contributed by atoms with Crippen molar-refractivity contribution in [2.24, 2.45) is 7.05 Å². The number of nitrogens with one attached hydrogen (secondary N) is 1. The lowest BCUT2D eigenvalue weighted by molar-refractivity contribution is -0.122. The fourth-order valence-electron chi connectivity index (χ4n) is 3.53. The van der Waals surface area contributed by atoms with E-state index < -0.39 is 0 Å². The topological polar surface area (TPSA) is 90.6 Å². The number of aryl methyl sites for hydroxylation is 2. The molecular formula is C21H23N5O4. The lowest BCUT2D eigenvalue weighted by atomic mass is 10.2. The predicted octanol–water partition coefficient (Wildman–Crippen LogP) is 2.28. The molecule has 0 saturated carbocycles. The van der Waals surface area contributed by atoms with E-state index in [0.717, 1.165) is 11.4 Å². The molecule has 3 aromatic rings. The molecule has 0 atom stereocenters. The molecule has 0 unspecified atom stereocenters. The van der Waals surface area contributed by atoms with Gasteiger partial charge in [0.1, 0.15) is 18.1 Å². The Bertz CT molecular complexity index is 1100. The van der Waals surface area contributed by atoms with Crippen molar-refractivity contribution in [1.29, 1.82) is 0 Å². The maximum absolute atomic E-state index is 12.7. The molecule has 2 aromatic heterocycles. The van der Waals surface area contributed by atoms with Gasteiger partial charge in [-0.05, 0) is 24.3 Å². The van der Waals surface area contributed by atoms with Crippen molar-refractivity contribution in [2.45, 2.75) is 13.0 Å². The molecule has 2 amide bonds. The van der Waals surface area contributed by atoms with Crippen LogP contribution in [0.5, 0.6) is 11.5 Å². The van der Waals surface area contributed by atoms with E-state index in [2.05, 4.69) is 10.4 Å². The number of hydrogen-bond donors (Lipinski definition) is 1. The van der Waals surface area contributed by atoms with E-state index in [1.165, 1.54) is 12.0 Å². The second kappa shape index (κ2) is 7.94. The van der Waals surface area contributed by atoms with Gasteiger partial charge in [0.15, 0.2) is 11.5 Å². The van der Waals surface area contributed by atoms with Crippen LogP contribution in [0.4, 0.5) is 11.5 Å². The average Bonchev–Trinajstić information content (AvgIpc) is 3.36. The Morgan fingerprint density at radius 2 is 1.97 bits per heavy atom. The first-order valence-corrected chi connectivity index (χ1v) is 9.52. The SMILES string of the molecule is COc1ccc(NC(=O)CN2C(=O)CCn3nc(-c4cccn4C)cc32)cc1OC. The van der Waals surface area contributed by atoms with Crippen molar-refractivity contribution >= 4 is 23.3 Å². The van der Waals surface area contributed by atoms with Gasteiger partial charge < -0.3 is 19.4 Å². The number of methoxy groups -OCH3 is 2. The summed E-state index contributed by atoms with van der Waals surface area (Å²) in [4.78, 5) is 26.7. The van der Waals surface area contributed by atoms with Crippen molar-refractivity contribution in [2.75, 3.05) is 31.0 Å². The number of fused-ring (bicyclic) bond motifs is 1. The van der Waals surface area contributed by atoms with Crippen LogP contribution in [-0.2, 0) is 23.2 Å². The number of nitrogens with zero attached hydrogens (tertiary/aromatic N) is 4. The van der Waals surface area contributed by atoms with Gasteiger partial charge in [-0.2, -0.15) is 5.10 Å². The van der Waals surface area contributed by atoms with E-state index in [9.17, 15) is 9.59 Å². The number of carbonyl (C=O) groups is 2. The highest BCUT2D eigenvalue weighted by molar-refractivity contribution is 6.03. The third kappa shape index (κ3) is 3.61. The van der Waals surface area contributed by atoms with Gasteiger partial charge in [-0.3, -0.25) is 14.5 Å². The number of benzene rings is 1. The fraction of sp³-hybridized carbons (Fsp3) is 0.286. The Morgan fingerprint density at radius 1 is 1.17 bits per heavy atom. The minimum atomic E-state index is -0.314. The third-order valence-corrected chi connectivity index (χ3v) is 5.05. The first kappa shape index (κ1) is 19.6. The molecule has 0 spiro atoms. The number of ether oxygens (including phenoxy) is 2. The zero-order chi connectivity index (χ0) is 21.3. The van der Waals surface area contributed by atoms with E-state index in [4.69, 9.17) is 9.47 Å². The smallest absolute Gasteiger partial charge is 0.244 e. The summed E-state index contributed by atoms with van der Waals surface area (Å²) < 4.78 is 14.2. The molecule has 3 heterocycles. The van der Waals surface area contributed by atoms with Crippen LogP contribution in [0.2, 0.25) is 0 Å². The molecule has 0 aliphatic carbocycles. The molecule has 9 heteroatoms. The molecule has 0 radical (unpaired) electrons. The Kier molecular flexibility index (Phi) is 5.18. The Morgan fingerprint density at radius 3 is 2.67 bits per heavy atom. The lowest BCUT2D eigenvalue weighted by Gasteiger charge is -2.26. The summed E-state index contributed by atoms with van der Waals surface area (Å²) >= 11 is 0. The molecule has 4 rings (SSSR count). The minimum Gasteiger partial charge on any atom is -0.493 e. The summed E-state index contributed by atoms with van der Waals surface area (Å²) in [6.07, 6.45) is 2.23. The maximum atomic E-state index is 12.7. The van der Waals surface area contributed by atoms with E-state index >= 15 is 0 Å². The average molecular weight is 409 g/mol. The van der Waals surface area contributed by atoms with Gasteiger partial charge in [0, 0.05) is 37.5 Å². The van der Waals surface area contributed by atoms with E-state index in [1.54, 1.807) is 30.0 Å². The van der Waals surface area contributed by atoms with Crippen LogP contribution in [0, 0.1) is 0 Å². The number of amides is 2. The molecule has 1 aliphatic heterocycles. The second-order valence-corrected chi connectivity index (χ2v) is 6.96. The molecule has 30 heavy (non-hydrogen) atoms. The highest BCUT2D eigenvalue weighted by atomic mass is 16.5. The van der Waals surface area contributed by atoms with Gasteiger partial charge in [-0.25, -0.2) is 4.68 Å². The van der Waals surface area contributed by atoms with Crippen molar-refractivity contribution in [3.63, 3.8) is 0 Å². The van der Waals surface area contributed by atoms with Crippen molar-refractivity contribution in [3.05, 3.63) is 42.6 Å². The summed E-state index contributed by atoms with van der Waals surface area (Å²) in [7, 11) is 5.01. The monoisotopic (exact) mass is 409 g/mol. The quantitative estimate of drug-likeness (QED) is 0.675. The number of anilines is 2. The number of rotatable bonds is 6. The normalized spacial score (nSPS) is 13.2. The molecule has 1 aliphatic rings.